The number of aromatic nitrogens is 2. The molecule has 0 radical (unpaired) electrons. The molecule has 1 aliphatic heterocycles. The molecule has 1 unspecified atom stereocenters. The van der Waals surface area contributed by atoms with Gasteiger partial charge in [0.2, 0.25) is 5.91 Å². The van der Waals surface area contributed by atoms with Crippen molar-refractivity contribution >= 4 is 22.7 Å². The minimum atomic E-state index is -0.819. The predicted molar refractivity (Wildman–Crippen MR) is 137 cm³/mol. The maximum absolute atomic E-state index is 14.9. The van der Waals surface area contributed by atoms with Gasteiger partial charge >= 0.3 is 0 Å². The Morgan fingerprint density at radius 3 is 2.44 bits per heavy atom. The Labute approximate surface area is 211 Å². The SMILES string of the molecule is CC(NC(=O)[C@@H](NC(=O)c1nn(CC2CCOCC2)c2c(F)cccc12)C(C)(C)C)c1ccccc1. The quantitative estimate of drug-likeness (QED) is 0.502. The Morgan fingerprint density at radius 2 is 1.78 bits per heavy atom. The molecular formula is C28H35FN4O3. The van der Waals surface area contributed by atoms with Crippen LogP contribution in [0.4, 0.5) is 4.39 Å². The van der Waals surface area contributed by atoms with E-state index in [1.165, 1.54) is 6.07 Å². The van der Waals surface area contributed by atoms with Gasteiger partial charge in [0.05, 0.1) is 6.04 Å². The van der Waals surface area contributed by atoms with Crippen LogP contribution in [0.15, 0.2) is 48.5 Å². The van der Waals surface area contributed by atoms with Gasteiger partial charge in [0, 0.05) is 25.1 Å². The smallest absolute Gasteiger partial charge is 0.273 e. The van der Waals surface area contributed by atoms with Crippen LogP contribution in [-0.2, 0) is 16.1 Å². The molecule has 0 saturated carbocycles. The van der Waals surface area contributed by atoms with Crippen molar-refractivity contribution in [3.05, 3.63) is 65.6 Å². The Morgan fingerprint density at radius 1 is 1.08 bits per heavy atom. The lowest BCUT2D eigenvalue weighted by atomic mass is 9.85. The summed E-state index contributed by atoms with van der Waals surface area (Å²) in [7, 11) is 0. The molecule has 0 bridgehead atoms. The minimum absolute atomic E-state index is 0.120. The number of nitrogens with zero attached hydrogens (tertiary/aromatic N) is 2. The third kappa shape index (κ3) is 5.75. The van der Waals surface area contributed by atoms with Gasteiger partial charge in [-0.25, -0.2) is 4.39 Å². The number of rotatable bonds is 7. The maximum atomic E-state index is 14.9. The highest BCUT2D eigenvalue weighted by Gasteiger charge is 2.35. The lowest BCUT2D eigenvalue weighted by Gasteiger charge is -2.31. The molecule has 36 heavy (non-hydrogen) atoms. The molecular weight excluding hydrogens is 459 g/mol. The summed E-state index contributed by atoms with van der Waals surface area (Å²) in [4.78, 5) is 26.8. The molecule has 1 aliphatic rings. The highest BCUT2D eigenvalue weighted by atomic mass is 19.1. The predicted octanol–water partition coefficient (Wildman–Crippen LogP) is 4.62. The molecule has 0 spiro atoms. The topological polar surface area (TPSA) is 85.3 Å². The molecule has 0 aliphatic carbocycles. The Bertz CT molecular complexity index is 1210. The van der Waals surface area contributed by atoms with Crippen molar-refractivity contribution in [2.24, 2.45) is 11.3 Å². The molecule has 7 nitrogen and oxygen atoms in total. The number of fused-ring (bicyclic) bond motifs is 1. The molecule has 2 atom stereocenters. The molecule has 3 aromatic rings. The van der Waals surface area contributed by atoms with E-state index in [2.05, 4.69) is 15.7 Å². The van der Waals surface area contributed by atoms with Gasteiger partial charge in [-0.3, -0.25) is 14.3 Å². The van der Waals surface area contributed by atoms with E-state index in [9.17, 15) is 14.0 Å². The lowest BCUT2D eigenvalue weighted by Crippen LogP contribution is -2.54. The first kappa shape index (κ1) is 25.8. The molecule has 8 heteroatoms. The van der Waals surface area contributed by atoms with Crippen LogP contribution in [0.25, 0.3) is 10.9 Å². The van der Waals surface area contributed by atoms with Crippen LogP contribution in [0.3, 0.4) is 0 Å². The van der Waals surface area contributed by atoms with Crippen LogP contribution < -0.4 is 10.6 Å². The van der Waals surface area contributed by atoms with E-state index in [-0.39, 0.29) is 17.6 Å². The number of hydrogen-bond donors (Lipinski definition) is 2. The summed E-state index contributed by atoms with van der Waals surface area (Å²) in [6.07, 6.45) is 1.73. The van der Waals surface area contributed by atoms with E-state index in [0.717, 1.165) is 18.4 Å². The number of carbonyl (C=O) groups excluding carboxylic acids is 2. The zero-order valence-corrected chi connectivity index (χ0v) is 21.4. The van der Waals surface area contributed by atoms with Crippen molar-refractivity contribution in [1.29, 1.82) is 0 Å². The largest absolute Gasteiger partial charge is 0.381 e. The Hall–Kier alpha value is -3.26. The number of ether oxygens (including phenoxy) is 1. The van der Waals surface area contributed by atoms with Gasteiger partial charge in [0.25, 0.3) is 5.91 Å². The van der Waals surface area contributed by atoms with Crippen molar-refractivity contribution in [1.82, 2.24) is 20.4 Å². The van der Waals surface area contributed by atoms with Crippen molar-refractivity contribution in [2.75, 3.05) is 13.2 Å². The first-order valence-corrected chi connectivity index (χ1v) is 12.5. The lowest BCUT2D eigenvalue weighted by molar-refractivity contribution is -0.126. The van der Waals surface area contributed by atoms with E-state index < -0.39 is 23.2 Å². The van der Waals surface area contributed by atoms with Gasteiger partial charge in [-0.15, -0.1) is 0 Å². The zero-order chi connectivity index (χ0) is 25.9. The van der Waals surface area contributed by atoms with Gasteiger partial charge < -0.3 is 15.4 Å². The van der Waals surface area contributed by atoms with Gasteiger partial charge in [0.1, 0.15) is 17.4 Å². The van der Waals surface area contributed by atoms with Crippen LogP contribution in [0, 0.1) is 17.2 Å². The Balaban J connectivity index is 1.58. The standard InChI is InChI=1S/C28H35FN4O3/c1-18(20-9-6-5-7-10-20)30-27(35)25(28(2,3)4)31-26(34)23-21-11-8-12-22(29)24(21)33(32-23)17-19-13-15-36-16-14-19/h5-12,18-19,25H,13-17H2,1-4H3,(H,30,35)(H,31,34)/t18?,25-/m1/s1. The second-order valence-electron chi connectivity index (χ2n) is 10.6. The summed E-state index contributed by atoms with van der Waals surface area (Å²) in [5, 5.41) is 10.9. The number of benzene rings is 2. The summed E-state index contributed by atoms with van der Waals surface area (Å²) < 4.78 is 21.9. The van der Waals surface area contributed by atoms with E-state index >= 15 is 0 Å². The third-order valence-corrected chi connectivity index (χ3v) is 6.77. The van der Waals surface area contributed by atoms with E-state index in [4.69, 9.17) is 4.74 Å². The van der Waals surface area contributed by atoms with Gasteiger partial charge in [-0.2, -0.15) is 5.10 Å². The van der Waals surface area contributed by atoms with Gasteiger partial charge in [-0.1, -0.05) is 63.2 Å². The second-order valence-corrected chi connectivity index (χ2v) is 10.6. The normalized spacial score (nSPS) is 16.5. The summed E-state index contributed by atoms with van der Waals surface area (Å²) in [6, 6.07) is 13.3. The van der Waals surface area contributed by atoms with Gasteiger partial charge in [0.15, 0.2) is 5.69 Å². The average molecular weight is 495 g/mol. The van der Waals surface area contributed by atoms with E-state index in [1.807, 2.05) is 58.0 Å². The molecule has 2 aromatic carbocycles. The first-order chi connectivity index (χ1) is 17.1. The maximum Gasteiger partial charge on any atom is 0.273 e. The van der Waals surface area contributed by atoms with E-state index in [1.54, 1.807) is 16.8 Å². The molecule has 2 amide bonds. The molecule has 2 N–H and O–H groups in total. The Kier molecular flexibility index (Phi) is 7.73. The number of halogens is 1. The second kappa shape index (κ2) is 10.8. The molecule has 192 valence electrons. The van der Waals surface area contributed by atoms with Crippen LogP contribution in [-0.4, -0.2) is 40.9 Å². The average Bonchev–Trinajstić information content (AvgIpc) is 3.22. The fourth-order valence-corrected chi connectivity index (χ4v) is 4.66. The van der Waals surface area contributed by atoms with Crippen LogP contribution in [0.1, 0.15) is 62.6 Å². The number of nitrogens with one attached hydrogen (secondary N) is 2. The van der Waals surface area contributed by atoms with Gasteiger partial charge in [-0.05, 0) is 42.7 Å². The highest BCUT2D eigenvalue weighted by Crippen LogP contribution is 2.26. The summed E-state index contributed by atoms with van der Waals surface area (Å²) in [5.41, 5.74) is 0.832. The fourth-order valence-electron chi connectivity index (χ4n) is 4.66. The number of para-hydroxylation sites is 1. The van der Waals surface area contributed by atoms with Crippen molar-refractivity contribution in [3.63, 3.8) is 0 Å². The van der Waals surface area contributed by atoms with Crippen molar-refractivity contribution in [2.45, 2.75) is 59.2 Å². The molecule has 4 rings (SSSR count). The summed E-state index contributed by atoms with van der Waals surface area (Å²) >= 11 is 0. The molecule has 1 fully saturated rings. The molecule has 2 heterocycles. The van der Waals surface area contributed by atoms with E-state index in [0.29, 0.717) is 36.6 Å². The fraction of sp³-hybridized carbons (Fsp3) is 0.464. The van der Waals surface area contributed by atoms with Crippen LogP contribution >= 0.6 is 0 Å². The van der Waals surface area contributed by atoms with Crippen molar-refractivity contribution < 1.29 is 18.7 Å². The number of carbonyl (C=O) groups is 2. The third-order valence-electron chi connectivity index (χ3n) is 6.77. The van der Waals surface area contributed by atoms with Crippen molar-refractivity contribution in [3.8, 4) is 0 Å². The minimum Gasteiger partial charge on any atom is -0.381 e. The highest BCUT2D eigenvalue weighted by molar-refractivity contribution is 6.06. The van der Waals surface area contributed by atoms with Crippen LogP contribution in [0.5, 0.6) is 0 Å². The summed E-state index contributed by atoms with van der Waals surface area (Å²) in [6.45, 7) is 9.44. The first-order valence-electron chi connectivity index (χ1n) is 12.5. The monoisotopic (exact) mass is 494 g/mol. The number of amides is 2. The number of hydrogen-bond acceptors (Lipinski definition) is 4. The summed E-state index contributed by atoms with van der Waals surface area (Å²) in [5.74, 6) is -0.916. The molecule has 1 saturated heterocycles. The molecule has 1 aromatic heterocycles. The van der Waals surface area contributed by atoms with Crippen LogP contribution in [0.2, 0.25) is 0 Å². The zero-order valence-electron chi connectivity index (χ0n) is 21.4.